The van der Waals surface area contributed by atoms with Gasteiger partial charge in [-0.15, -0.1) is 0 Å². The molecular weight excluding hydrogens is 230 g/mol. The molecule has 1 aromatic heterocycles. The molecule has 0 aliphatic heterocycles. The lowest BCUT2D eigenvalue weighted by Crippen LogP contribution is -1.88. The first-order chi connectivity index (χ1) is 9.31. The fourth-order valence-electron chi connectivity index (χ4n) is 2.00. The van der Waals surface area contributed by atoms with Crippen LogP contribution in [0.15, 0.2) is 78.6 Å². The van der Waals surface area contributed by atoms with Crippen molar-refractivity contribution >= 4 is 5.57 Å². The van der Waals surface area contributed by atoms with Crippen molar-refractivity contribution in [2.75, 3.05) is 0 Å². The fourth-order valence-corrected chi connectivity index (χ4v) is 2.00. The topological polar surface area (TPSA) is 12.9 Å². The molecule has 0 bridgehead atoms. The van der Waals surface area contributed by atoms with Gasteiger partial charge in [0.15, 0.2) is 0 Å². The van der Waals surface area contributed by atoms with Crippen LogP contribution < -0.4 is 0 Å². The Kier molecular flexibility index (Phi) is 4.68. The summed E-state index contributed by atoms with van der Waals surface area (Å²) in [6.45, 7) is 6.15. The Bertz CT molecular complexity index is 557. The highest BCUT2D eigenvalue weighted by molar-refractivity contribution is 5.72. The highest BCUT2D eigenvalue weighted by Gasteiger charge is 2.01. The summed E-state index contributed by atoms with van der Waals surface area (Å²) in [5, 5.41) is 0. The van der Waals surface area contributed by atoms with E-state index in [0.717, 1.165) is 29.7 Å². The van der Waals surface area contributed by atoms with E-state index in [9.17, 15) is 0 Å². The van der Waals surface area contributed by atoms with Gasteiger partial charge < -0.3 is 0 Å². The van der Waals surface area contributed by atoms with E-state index in [-0.39, 0.29) is 0 Å². The second kappa shape index (κ2) is 6.69. The van der Waals surface area contributed by atoms with Gasteiger partial charge in [-0.3, -0.25) is 4.98 Å². The van der Waals surface area contributed by atoms with Gasteiger partial charge in [0.2, 0.25) is 0 Å². The van der Waals surface area contributed by atoms with Gasteiger partial charge >= 0.3 is 0 Å². The summed E-state index contributed by atoms with van der Waals surface area (Å²) in [7, 11) is 0. The van der Waals surface area contributed by atoms with Crippen LogP contribution >= 0.6 is 0 Å². The molecular formula is C18H19N. The molecule has 0 saturated carbocycles. The average Bonchev–Trinajstić information content (AvgIpc) is 2.49. The van der Waals surface area contributed by atoms with Crippen LogP contribution in [0.25, 0.3) is 5.57 Å². The smallest absolute Gasteiger partial charge is 0.0698 e. The third-order valence-electron chi connectivity index (χ3n) is 3.10. The first-order valence-corrected chi connectivity index (χ1v) is 6.63. The Morgan fingerprint density at radius 1 is 1.26 bits per heavy atom. The van der Waals surface area contributed by atoms with Gasteiger partial charge in [0.05, 0.1) is 5.69 Å². The normalized spacial score (nSPS) is 15.6. The van der Waals surface area contributed by atoms with Crippen LogP contribution in [0.4, 0.5) is 0 Å². The fraction of sp³-hybridized carbons (Fsp3) is 0.167. The molecule has 1 nitrogen and oxygen atoms in total. The summed E-state index contributed by atoms with van der Waals surface area (Å²) < 4.78 is 0. The largest absolute Gasteiger partial charge is 0.256 e. The Hall–Kier alpha value is -2.15. The lowest BCUT2D eigenvalue weighted by atomic mass is 9.99. The highest BCUT2D eigenvalue weighted by atomic mass is 14.7. The van der Waals surface area contributed by atoms with Gasteiger partial charge in [-0.05, 0) is 48.6 Å². The zero-order valence-electron chi connectivity index (χ0n) is 11.3. The van der Waals surface area contributed by atoms with Crippen LogP contribution in [0.5, 0.6) is 0 Å². The van der Waals surface area contributed by atoms with E-state index in [1.807, 2.05) is 31.3 Å². The molecule has 1 heteroatoms. The maximum absolute atomic E-state index is 4.36. The van der Waals surface area contributed by atoms with Crippen molar-refractivity contribution in [1.29, 1.82) is 0 Å². The van der Waals surface area contributed by atoms with Crippen molar-refractivity contribution in [3.63, 3.8) is 0 Å². The minimum absolute atomic E-state index is 0.988. The molecule has 0 N–H and O–H groups in total. The number of pyridine rings is 1. The maximum Gasteiger partial charge on any atom is 0.0698 e. The zero-order valence-corrected chi connectivity index (χ0v) is 11.3. The second-order valence-electron chi connectivity index (χ2n) is 4.46. The van der Waals surface area contributed by atoms with Crippen LogP contribution in [0.3, 0.4) is 0 Å². The monoisotopic (exact) mass is 249 g/mol. The molecule has 19 heavy (non-hydrogen) atoms. The van der Waals surface area contributed by atoms with Crippen LogP contribution in [-0.2, 0) is 0 Å². The van der Waals surface area contributed by atoms with Crippen molar-refractivity contribution in [3.05, 3.63) is 84.3 Å². The predicted molar refractivity (Wildman–Crippen MR) is 82.6 cm³/mol. The lowest BCUT2D eigenvalue weighted by molar-refractivity contribution is 1.02. The summed E-state index contributed by atoms with van der Waals surface area (Å²) >= 11 is 0. The van der Waals surface area contributed by atoms with Gasteiger partial charge in [-0.1, -0.05) is 49.1 Å². The number of hydrogen-bond acceptors (Lipinski definition) is 1. The Morgan fingerprint density at radius 3 is 2.79 bits per heavy atom. The summed E-state index contributed by atoms with van der Waals surface area (Å²) in [4.78, 5) is 4.36. The third kappa shape index (κ3) is 3.65. The summed E-state index contributed by atoms with van der Waals surface area (Å²) in [6.07, 6.45) is 16.8. The molecule has 1 heterocycles. The summed E-state index contributed by atoms with van der Waals surface area (Å²) in [6, 6.07) is 5.94. The van der Waals surface area contributed by atoms with Crippen LogP contribution in [0, 0.1) is 0 Å². The standard InChI is InChI=1S/C18H19N/c1-3-16(18-11-7-8-14-19-18)13-12-15(2)17-9-5-4-6-10-17/h3,5,7-14H,2,4,6H2,1H3/b13-12-,16-3+. The van der Waals surface area contributed by atoms with Gasteiger partial charge in [0.1, 0.15) is 0 Å². The Balaban J connectivity index is 2.11. The number of rotatable bonds is 4. The molecule has 1 aromatic rings. The molecule has 1 aliphatic carbocycles. The van der Waals surface area contributed by atoms with Crippen molar-refractivity contribution in [2.45, 2.75) is 19.8 Å². The van der Waals surface area contributed by atoms with E-state index in [1.165, 1.54) is 5.57 Å². The predicted octanol–water partition coefficient (Wildman–Crippen LogP) is 4.87. The number of hydrogen-bond donors (Lipinski definition) is 0. The van der Waals surface area contributed by atoms with Crippen LogP contribution in [0.2, 0.25) is 0 Å². The quantitative estimate of drug-likeness (QED) is 0.693. The molecule has 0 atom stereocenters. The van der Waals surface area contributed by atoms with Gasteiger partial charge in [0.25, 0.3) is 0 Å². The van der Waals surface area contributed by atoms with Crippen LogP contribution in [0.1, 0.15) is 25.5 Å². The minimum atomic E-state index is 0.988. The van der Waals surface area contributed by atoms with E-state index in [1.54, 1.807) is 0 Å². The number of allylic oxidation sites excluding steroid dienone is 9. The minimum Gasteiger partial charge on any atom is -0.256 e. The Morgan fingerprint density at radius 2 is 2.16 bits per heavy atom. The molecule has 0 aromatic carbocycles. The molecule has 0 fully saturated rings. The van der Waals surface area contributed by atoms with Crippen LogP contribution in [-0.4, -0.2) is 4.98 Å². The van der Waals surface area contributed by atoms with Crippen molar-refractivity contribution in [1.82, 2.24) is 4.98 Å². The van der Waals surface area contributed by atoms with E-state index in [0.29, 0.717) is 0 Å². The third-order valence-corrected chi connectivity index (χ3v) is 3.10. The van der Waals surface area contributed by atoms with Crippen molar-refractivity contribution < 1.29 is 0 Å². The molecule has 0 saturated heterocycles. The highest BCUT2D eigenvalue weighted by Crippen LogP contribution is 2.20. The lowest BCUT2D eigenvalue weighted by Gasteiger charge is -2.07. The second-order valence-corrected chi connectivity index (χ2v) is 4.46. The van der Waals surface area contributed by atoms with E-state index in [2.05, 4.69) is 48.0 Å². The van der Waals surface area contributed by atoms with E-state index in [4.69, 9.17) is 0 Å². The molecule has 0 amide bonds. The number of nitrogens with zero attached hydrogens (tertiary/aromatic N) is 1. The zero-order chi connectivity index (χ0) is 13.5. The van der Waals surface area contributed by atoms with Gasteiger partial charge in [-0.2, -0.15) is 0 Å². The molecule has 0 spiro atoms. The molecule has 2 rings (SSSR count). The van der Waals surface area contributed by atoms with Crippen molar-refractivity contribution in [3.8, 4) is 0 Å². The van der Waals surface area contributed by atoms with Gasteiger partial charge in [-0.25, -0.2) is 0 Å². The molecule has 1 aliphatic rings. The Labute approximate surface area is 115 Å². The number of aromatic nitrogens is 1. The first-order valence-electron chi connectivity index (χ1n) is 6.63. The van der Waals surface area contributed by atoms with Gasteiger partial charge in [0, 0.05) is 6.20 Å². The SMILES string of the molecule is C=C(/C=C\C(=C/C)c1ccccn1)C1=CCCC=C1. The van der Waals surface area contributed by atoms with Crippen molar-refractivity contribution in [2.24, 2.45) is 0 Å². The van der Waals surface area contributed by atoms with E-state index < -0.39 is 0 Å². The molecule has 96 valence electrons. The van der Waals surface area contributed by atoms with E-state index >= 15 is 0 Å². The first kappa shape index (κ1) is 13.3. The summed E-state index contributed by atoms with van der Waals surface area (Å²) in [5.74, 6) is 0. The maximum atomic E-state index is 4.36. The summed E-state index contributed by atoms with van der Waals surface area (Å²) in [5.41, 5.74) is 4.37. The molecule has 0 radical (unpaired) electrons. The average molecular weight is 249 g/mol. The molecule has 0 unspecified atom stereocenters.